The van der Waals surface area contributed by atoms with Gasteiger partial charge < -0.3 is 5.32 Å². The van der Waals surface area contributed by atoms with E-state index in [-0.39, 0.29) is 0 Å². The molecule has 0 atom stereocenters. The average molecular weight is 201 g/mol. The Morgan fingerprint density at radius 3 is 2.80 bits per heavy atom. The van der Waals surface area contributed by atoms with Crippen LogP contribution in [0.3, 0.4) is 0 Å². The van der Waals surface area contributed by atoms with E-state index in [1.165, 1.54) is 49.8 Å². The molecule has 1 heterocycles. The summed E-state index contributed by atoms with van der Waals surface area (Å²) in [5, 5.41) is 3.42. The molecule has 1 N–H and O–H groups in total. The van der Waals surface area contributed by atoms with Crippen molar-refractivity contribution < 1.29 is 0 Å². The molecule has 0 aromatic heterocycles. The first-order valence-corrected chi connectivity index (χ1v) is 6.11. The second-order valence-electron chi connectivity index (χ2n) is 4.72. The lowest BCUT2D eigenvalue weighted by molar-refractivity contribution is 0.354. The molecule has 80 valence electrons. The van der Waals surface area contributed by atoms with Crippen LogP contribution in [0.4, 0.5) is 0 Å². The summed E-state index contributed by atoms with van der Waals surface area (Å²) < 4.78 is 0. The molecule has 0 unspecified atom stereocenters. The lowest BCUT2D eigenvalue weighted by Gasteiger charge is -2.22. The number of hydrogen-bond donors (Lipinski definition) is 1. The van der Waals surface area contributed by atoms with Crippen molar-refractivity contribution in [3.63, 3.8) is 0 Å². The Labute approximate surface area is 93.7 Å². The highest BCUT2D eigenvalue weighted by molar-refractivity contribution is 6.32. The third kappa shape index (κ3) is 3.38. The zero-order valence-corrected chi connectivity index (χ0v) is 9.63. The van der Waals surface area contributed by atoms with Crippen LogP contribution >= 0.6 is 0 Å². The summed E-state index contributed by atoms with van der Waals surface area (Å²) in [5.74, 6) is 0.951. The molecule has 1 saturated heterocycles. The Balaban J connectivity index is 1.81. The quantitative estimate of drug-likeness (QED) is 0.716. The van der Waals surface area contributed by atoms with E-state index in [2.05, 4.69) is 37.4 Å². The van der Waals surface area contributed by atoms with Crippen molar-refractivity contribution in [3.05, 3.63) is 29.8 Å². The monoisotopic (exact) mass is 201 g/mol. The number of aryl methyl sites for hydroxylation is 1. The highest BCUT2D eigenvalue weighted by atomic mass is 14.9. The Kier molecular flexibility index (Phi) is 3.84. The molecule has 15 heavy (non-hydrogen) atoms. The van der Waals surface area contributed by atoms with Crippen LogP contribution in [-0.2, 0) is 6.42 Å². The molecule has 1 aromatic carbocycles. The van der Waals surface area contributed by atoms with Crippen LogP contribution in [0.1, 0.15) is 24.8 Å². The molecule has 2 heteroatoms. The Morgan fingerprint density at radius 2 is 2.07 bits per heavy atom. The van der Waals surface area contributed by atoms with E-state index in [4.69, 9.17) is 0 Å². The third-order valence-corrected chi connectivity index (χ3v) is 3.38. The number of benzene rings is 1. The predicted molar refractivity (Wildman–Crippen MR) is 68.5 cm³/mol. The van der Waals surface area contributed by atoms with Crippen LogP contribution in [0.25, 0.3) is 0 Å². The van der Waals surface area contributed by atoms with Gasteiger partial charge in [-0.2, -0.15) is 0 Å². The Morgan fingerprint density at radius 1 is 1.27 bits per heavy atom. The summed E-state index contributed by atoms with van der Waals surface area (Å²) in [6.07, 6.45) is 5.36. The number of hydrogen-bond acceptors (Lipinski definition) is 1. The first kappa shape index (κ1) is 10.8. The van der Waals surface area contributed by atoms with Crippen molar-refractivity contribution in [2.45, 2.75) is 25.7 Å². The van der Waals surface area contributed by atoms with Gasteiger partial charge in [0.05, 0.1) is 0 Å². The number of piperidine rings is 1. The van der Waals surface area contributed by atoms with Gasteiger partial charge in [-0.05, 0) is 50.3 Å². The molecule has 0 spiro atoms. The molecule has 0 amide bonds. The molecular weight excluding hydrogens is 181 g/mol. The summed E-state index contributed by atoms with van der Waals surface area (Å²) in [5.41, 5.74) is 2.89. The van der Waals surface area contributed by atoms with Gasteiger partial charge in [0, 0.05) is 0 Å². The zero-order valence-electron chi connectivity index (χ0n) is 9.63. The summed E-state index contributed by atoms with van der Waals surface area (Å²) in [6.45, 7) is 2.44. The van der Waals surface area contributed by atoms with Crippen molar-refractivity contribution in [2.24, 2.45) is 5.92 Å². The van der Waals surface area contributed by atoms with Gasteiger partial charge in [-0.3, -0.25) is 0 Å². The maximum absolute atomic E-state index is 3.42. The van der Waals surface area contributed by atoms with Crippen molar-refractivity contribution in [3.8, 4) is 0 Å². The van der Waals surface area contributed by atoms with E-state index >= 15 is 0 Å². The molecule has 1 nitrogen and oxygen atoms in total. The molecule has 0 aliphatic carbocycles. The largest absolute Gasteiger partial charge is 0.317 e. The maximum Gasteiger partial charge on any atom is 0.139 e. The summed E-state index contributed by atoms with van der Waals surface area (Å²) in [4.78, 5) is 0. The van der Waals surface area contributed by atoms with Crippen molar-refractivity contribution in [1.82, 2.24) is 5.32 Å². The Hall–Kier alpha value is -0.755. The van der Waals surface area contributed by atoms with Gasteiger partial charge in [0.2, 0.25) is 0 Å². The minimum Gasteiger partial charge on any atom is -0.317 e. The topological polar surface area (TPSA) is 12.0 Å². The molecule has 0 saturated carbocycles. The first-order valence-electron chi connectivity index (χ1n) is 6.11. The van der Waals surface area contributed by atoms with Gasteiger partial charge in [0.1, 0.15) is 7.85 Å². The van der Waals surface area contributed by atoms with Gasteiger partial charge in [-0.25, -0.2) is 0 Å². The first-order chi connectivity index (χ1) is 7.34. The zero-order chi connectivity index (χ0) is 10.5. The van der Waals surface area contributed by atoms with Crippen LogP contribution in [-0.4, -0.2) is 20.9 Å². The van der Waals surface area contributed by atoms with Gasteiger partial charge in [-0.15, -0.1) is 0 Å². The van der Waals surface area contributed by atoms with E-state index < -0.39 is 0 Å². The third-order valence-electron chi connectivity index (χ3n) is 3.38. The summed E-state index contributed by atoms with van der Waals surface area (Å²) in [7, 11) is 2.17. The van der Waals surface area contributed by atoms with Crippen LogP contribution in [0.15, 0.2) is 24.3 Å². The van der Waals surface area contributed by atoms with Crippen LogP contribution in [0.2, 0.25) is 0 Å². The van der Waals surface area contributed by atoms with Gasteiger partial charge in [0.25, 0.3) is 0 Å². The lowest BCUT2D eigenvalue weighted by Crippen LogP contribution is -2.27. The molecule has 1 aliphatic heterocycles. The van der Waals surface area contributed by atoms with Crippen LogP contribution < -0.4 is 10.8 Å². The minimum atomic E-state index is 0.951. The SMILES string of the molecule is Bc1cccc(CCC2CCNCC2)c1. The van der Waals surface area contributed by atoms with Crippen LogP contribution in [0, 0.1) is 5.92 Å². The average Bonchev–Trinajstić information content (AvgIpc) is 2.28. The van der Waals surface area contributed by atoms with E-state index in [9.17, 15) is 0 Å². The highest BCUT2D eigenvalue weighted by Gasteiger charge is 2.12. The lowest BCUT2D eigenvalue weighted by atomic mass is 9.89. The maximum atomic E-state index is 3.42. The molecule has 0 radical (unpaired) electrons. The fourth-order valence-corrected chi connectivity index (χ4v) is 2.41. The van der Waals surface area contributed by atoms with Gasteiger partial charge >= 0.3 is 0 Å². The molecule has 1 aliphatic rings. The molecule has 1 fully saturated rings. The normalized spacial score (nSPS) is 17.9. The number of nitrogens with one attached hydrogen (secondary N) is 1. The standard InChI is InChI=1S/C13H20BN/c14-13-3-1-2-12(10-13)5-4-11-6-8-15-9-7-11/h1-3,10-11,15H,4-9,14H2. The van der Waals surface area contributed by atoms with Gasteiger partial charge in [0.15, 0.2) is 0 Å². The van der Waals surface area contributed by atoms with Crippen molar-refractivity contribution in [1.29, 1.82) is 0 Å². The van der Waals surface area contributed by atoms with Crippen LogP contribution in [0.5, 0.6) is 0 Å². The Bertz CT molecular complexity index is 305. The smallest absolute Gasteiger partial charge is 0.139 e. The summed E-state index contributed by atoms with van der Waals surface area (Å²) in [6, 6.07) is 8.93. The van der Waals surface area contributed by atoms with Crippen molar-refractivity contribution >= 4 is 13.3 Å². The fourth-order valence-electron chi connectivity index (χ4n) is 2.41. The molecular formula is C13H20BN. The van der Waals surface area contributed by atoms with Crippen molar-refractivity contribution in [2.75, 3.05) is 13.1 Å². The molecule has 1 aromatic rings. The molecule has 0 bridgehead atoms. The molecule has 2 rings (SSSR count). The van der Waals surface area contributed by atoms with E-state index in [0.717, 1.165) is 5.92 Å². The van der Waals surface area contributed by atoms with Gasteiger partial charge in [-0.1, -0.05) is 29.7 Å². The predicted octanol–water partition coefficient (Wildman–Crippen LogP) is 0.877. The number of rotatable bonds is 3. The second kappa shape index (κ2) is 5.36. The fraction of sp³-hybridized carbons (Fsp3) is 0.538. The highest BCUT2D eigenvalue weighted by Crippen LogP contribution is 2.18. The second-order valence-corrected chi connectivity index (χ2v) is 4.72. The summed E-state index contributed by atoms with van der Waals surface area (Å²) >= 11 is 0. The van der Waals surface area contributed by atoms with E-state index in [1.54, 1.807) is 0 Å². The van der Waals surface area contributed by atoms with E-state index in [1.807, 2.05) is 0 Å². The minimum absolute atomic E-state index is 0.951. The van der Waals surface area contributed by atoms with E-state index in [0.29, 0.717) is 0 Å².